The van der Waals surface area contributed by atoms with Crippen molar-refractivity contribution in [3.05, 3.63) is 5.01 Å². The Hall–Kier alpha value is -1.30. The third-order valence-corrected chi connectivity index (χ3v) is 2.79. The maximum absolute atomic E-state index is 11.3. The zero-order valence-electron chi connectivity index (χ0n) is 7.03. The number of carbonyl (C=O) groups is 2. The van der Waals surface area contributed by atoms with Gasteiger partial charge in [-0.1, -0.05) is 16.7 Å². The van der Waals surface area contributed by atoms with E-state index in [1.807, 2.05) is 6.92 Å². The van der Waals surface area contributed by atoms with Crippen LogP contribution in [-0.2, 0) is 11.2 Å². The van der Waals surface area contributed by atoms with Crippen LogP contribution in [0.2, 0.25) is 0 Å². The van der Waals surface area contributed by atoms with Gasteiger partial charge in [-0.15, -0.1) is 0 Å². The van der Waals surface area contributed by atoms with E-state index in [4.69, 9.17) is 0 Å². The molecule has 6 heteroatoms. The third kappa shape index (κ3) is 1.33. The number of hydrogen-bond donors (Lipinski definition) is 1. The topological polar surface area (TPSA) is 62.9 Å². The normalized spacial score (nSPS) is 15.5. The fourth-order valence-corrected chi connectivity index (χ4v) is 1.98. The molecule has 2 rings (SSSR count). The Bertz CT molecular complexity index is 385. The Morgan fingerprint density at radius 3 is 3.08 bits per heavy atom. The minimum Gasteiger partial charge on any atom is -0.246 e. The highest BCUT2D eigenvalue weighted by Crippen LogP contribution is 2.16. The number of rotatable bonds is 1. The third-order valence-electron chi connectivity index (χ3n) is 1.72. The van der Waals surface area contributed by atoms with E-state index in [2.05, 4.69) is 10.4 Å². The molecule has 0 saturated heterocycles. The van der Waals surface area contributed by atoms with E-state index in [-0.39, 0.29) is 18.2 Å². The van der Waals surface area contributed by atoms with Crippen LogP contribution in [-0.4, -0.2) is 16.9 Å². The molecule has 0 bridgehead atoms. The maximum Gasteiger partial charge on any atom is 0.371 e. The lowest BCUT2D eigenvalue weighted by Crippen LogP contribution is -2.51. The first-order valence-electron chi connectivity index (χ1n) is 3.96. The van der Waals surface area contributed by atoms with Gasteiger partial charge >= 0.3 is 16.9 Å². The molecule has 68 valence electrons. The number of fused-ring (bicyclic) bond motifs is 1. The Balaban J connectivity index is 2.46. The summed E-state index contributed by atoms with van der Waals surface area (Å²) in [5, 5.41) is 8.04. The zero-order chi connectivity index (χ0) is 9.42. The summed E-state index contributed by atoms with van der Waals surface area (Å²) >= 11 is 1.34. The highest BCUT2D eigenvalue weighted by Gasteiger charge is 2.33. The smallest absolute Gasteiger partial charge is 0.246 e. The zero-order valence-corrected chi connectivity index (χ0v) is 7.85. The van der Waals surface area contributed by atoms with Crippen LogP contribution in [0.5, 0.6) is 0 Å². The molecule has 0 radical (unpaired) electrons. The number of aryl methyl sites for hydroxylation is 1. The summed E-state index contributed by atoms with van der Waals surface area (Å²) in [5.74, 6) is -0.508. The van der Waals surface area contributed by atoms with E-state index in [9.17, 15) is 9.59 Å². The van der Waals surface area contributed by atoms with Crippen molar-refractivity contribution in [2.45, 2.75) is 19.8 Å². The second-order valence-corrected chi connectivity index (χ2v) is 3.75. The molecule has 0 atom stereocenters. The molecule has 0 fully saturated rings. The summed E-state index contributed by atoms with van der Waals surface area (Å²) in [6, 6.07) is 0. The van der Waals surface area contributed by atoms with Crippen molar-refractivity contribution in [3.8, 4) is 0 Å². The SMILES string of the molecule is CCc1n[n+]2c(s1)NC(=O)CC2=O. The van der Waals surface area contributed by atoms with Crippen molar-refractivity contribution in [2.75, 3.05) is 5.32 Å². The lowest BCUT2D eigenvalue weighted by molar-refractivity contribution is -0.619. The van der Waals surface area contributed by atoms with E-state index < -0.39 is 0 Å². The quantitative estimate of drug-likeness (QED) is 0.509. The first-order chi connectivity index (χ1) is 6.20. The Morgan fingerprint density at radius 1 is 1.62 bits per heavy atom. The maximum atomic E-state index is 11.3. The predicted octanol–water partition coefficient (Wildman–Crippen LogP) is -0.0246. The fourth-order valence-electron chi connectivity index (χ4n) is 1.10. The molecule has 13 heavy (non-hydrogen) atoms. The van der Waals surface area contributed by atoms with Gasteiger partial charge in [-0.3, -0.25) is 0 Å². The summed E-state index contributed by atoms with van der Waals surface area (Å²) in [5.41, 5.74) is 0. The number of nitrogens with one attached hydrogen (secondary N) is 1. The Labute approximate surface area is 78.4 Å². The van der Waals surface area contributed by atoms with Gasteiger partial charge in [0.05, 0.1) is 0 Å². The highest BCUT2D eigenvalue weighted by molar-refractivity contribution is 7.15. The van der Waals surface area contributed by atoms with Gasteiger partial charge in [-0.25, -0.2) is 9.59 Å². The van der Waals surface area contributed by atoms with Crippen molar-refractivity contribution >= 4 is 28.3 Å². The van der Waals surface area contributed by atoms with Crippen molar-refractivity contribution in [3.63, 3.8) is 0 Å². The summed E-state index contributed by atoms with van der Waals surface area (Å²) in [6.45, 7) is 1.96. The van der Waals surface area contributed by atoms with Crippen LogP contribution in [0, 0.1) is 0 Å². The van der Waals surface area contributed by atoms with Gasteiger partial charge in [0.1, 0.15) is 5.01 Å². The molecule has 2 heterocycles. The van der Waals surface area contributed by atoms with Crippen LogP contribution in [0.25, 0.3) is 0 Å². The molecule has 0 saturated carbocycles. The monoisotopic (exact) mass is 198 g/mol. The van der Waals surface area contributed by atoms with Gasteiger partial charge < -0.3 is 0 Å². The molecule has 5 nitrogen and oxygen atoms in total. The molecule has 0 spiro atoms. The molecule has 0 aliphatic carbocycles. The highest BCUT2D eigenvalue weighted by atomic mass is 32.1. The van der Waals surface area contributed by atoms with Crippen LogP contribution in [0.4, 0.5) is 5.13 Å². The van der Waals surface area contributed by atoms with Crippen LogP contribution in [0.1, 0.15) is 23.1 Å². The molecule has 1 aromatic heterocycles. The van der Waals surface area contributed by atoms with Gasteiger partial charge in [0.2, 0.25) is 0 Å². The van der Waals surface area contributed by atoms with Gasteiger partial charge in [0.15, 0.2) is 6.42 Å². The van der Waals surface area contributed by atoms with E-state index in [1.165, 1.54) is 16.0 Å². The molecule has 0 unspecified atom stereocenters. The molecule has 0 aromatic carbocycles. The molecule has 1 aliphatic heterocycles. The van der Waals surface area contributed by atoms with E-state index in [1.54, 1.807) is 0 Å². The molecular weight excluding hydrogens is 190 g/mol. The number of amides is 1. The first kappa shape index (κ1) is 8.31. The Kier molecular flexibility index (Phi) is 1.84. The number of carbonyl (C=O) groups excluding carboxylic acids is 2. The molecule has 1 aromatic rings. The first-order valence-corrected chi connectivity index (χ1v) is 4.77. The second kappa shape index (κ2) is 2.88. The van der Waals surface area contributed by atoms with Crippen molar-refractivity contribution in [2.24, 2.45) is 0 Å². The van der Waals surface area contributed by atoms with Gasteiger partial charge in [-0.05, 0) is 11.3 Å². The van der Waals surface area contributed by atoms with Gasteiger partial charge in [0, 0.05) is 6.42 Å². The summed E-state index contributed by atoms with van der Waals surface area (Å²) in [4.78, 5) is 22.2. The predicted molar refractivity (Wildman–Crippen MR) is 45.6 cm³/mol. The van der Waals surface area contributed by atoms with Crippen molar-refractivity contribution in [1.29, 1.82) is 0 Å². The van der Waals surface area contributed by atoms with E-state index in [0.717, 1.165) is 11.4 Å². The van der Waals surface area contributed by atoms with E-state index >= 15 is 0 Å². The summed E-state index contributed by atoms with van der Waals surface area (Å²) in [7, 11) is 0. The second-order valence-electron chi connectivity index (χ2n) is 2.69. The average molecular weight is 198 g/mol. The van der Waals surface area contributed by atoms with Crippen molar-refractivity contribution in [1.82, 2.24) is 5.10 Å². The lowest BCUT2D eigenvalue weighted by Gasteiger charge is -2.00. The minimum absolute atomic E-state index is 0.107. The largest absolute Gasteiger partial charge is 0.371 e. The number of anilines is 1. The molecule has 1 N–H and O–H groups in total. The standard InChI is InChI=1S/C7H7N3O2S/c1-2-5-9-10-6(12)3-4(11)8-7(10)13-5/h2-3H2,1H3/p+1. The molecule has 1 amide bonds. The van der Waals surface area contributed by atoms with Crippen molar-refractivity contribution < 1.29 is 14.3 Å². The number of hydrogen-bond acceptors (Lipinski definition) is 4. The number of nitrogens with zero attached hydrogens (tertiary/aromatic N) is 2. The lowest BCUT2D eigenvalue weighted by atomic mass is 10.3. The fraction of sp³-hybridized carbons (Fsp3) is 0.429. The van der Waals surface area contributed by atoms with E-state index in [0.29, 0.717) is 5.13 Å². The Morgan fingerprint density at radius 2 is 2.38 bits per heavy atom. The summed E-state index contributed by atoms with van der Waals surface area (Å²) < 4.78 is 1.27. The van der Waals surface area contributed by atoms with Crippen LogP contribution in [0.15, 0.2) is 0 Å². The van der Waals surface area contributed by atoms with Crippen LogP contribution in [0.3, 0.4) is 0 Å². The average Bonchev–Trinajstić information content (AvgIpc) is 2.47. The minimum atomic E-state index is -0.255. The molecular formula is C7H8N3O2S+. The summed E-state index contributed by atoms with van der Waals surface area (Å²) in [6.07, 6.45) is 0.665. The van der Waals surface area contributed by atoms with Crippen LogP contribution < -0.4 is 10.00 Å². The van der Waals surface area contributed by atoms with Crippen LogP contribution >= 0.6 is 11.3 Å². The molecule has 1 aliphatic rings. The van der Waals surface area contributed by atoms with Gasteiger partial charge in [0.25, 0.3) is 0 Å². The number of aromatic nitrogens is 2. The van der Waals surface area contributed by atoms with Gasteiger partial charge in [-0.2, -0.15) is 5.32 Å².